The van der Waals surface area contributed by atoms with Gasteiger partial charge >= 0.3 is 6.03 Å². The second-order valence-corrected chi connectivity index (χ2v) is 7.69. The molecule has 1 aliphatic heterocycles. The summed E-state index contributed by atoms with van der Waals surface area (Å²) in [5.41, 5.74) is 1.48. The van der Waals surface area contributed by atoms with Gasteiger partial charge in [-0.05, 0) is 42.5 Å². The van der Waals surface area contributed by atoms with Crippen molar-refractivity contribution in [1.82, 2.24) is 10.2 Å². The first kappa shape index (κ1) is 21.6. The van der Waals surface area contributed by atoms with Crippen molar-refractivity contribution >= 4 is 23.5 Å². The molecular formula is C24H29N3O3. The van der Waals surface area contributed by atoms with E-state index in [-0.39, 0.29) is 12.5 Å². The number of nitrogens with one attached hydrogen (secondary N) is 2. The van der Waals surface area contributed by atoms with Gasteiger partial charge in [0, 0.05) is 5.69 Å². The van der Waals surface area contributed by atoms with E-state index in [0.717, 1.165) is 29.7 Å². The smallest absolute Gasteiger partial charge is 0.325 e. The number of nitrogens with zero attached hydrogens (tertiary/aromatic N) is 1. The van der Waals surface area contributed by atoms with E-state index in [2.05, 4.69) is 17.6 Å². The van der Waals surface area contributed by atoms with E-state index in [1.807, 2.05) is 61.5 Å². The Morgan fingerprint density at radius 3 is 2.33 bits per heavy atom. The summed E-state index contributed by atoms with van der Waals surface area (Å²) in [6.07, 6.45) is 4.45. The molecule has 0 aliphatic carbocycles. The van der Waals surface area contributed by atoms with Crippen LogP contribution in [-0.4, -0.2) is 29.3 Å². The number of rotatable bonds is 9. The number of hydrogen-bond acceptors (Lipinski definition) is 3. The van der Waals surface area contributed by atoms with Gasteiger partial charge in [-0.3, -0.25) is 14.5 Å². The quantitative estimate of drug-likeness (QED) is 0.611. The van der Waals surface area contributed by atoms with Crippen molar-refractivity contribution in [1.29, 1.82) is 0 Å². The first-order valence-corrected chi connectivity index (χ1v) is 10.6. The fraction of sp³-hybridized carbons (Fsp3) is 0.375. The number of anilines is 1. The Labute approximate surface area is 177 Å². The van der Waals surface area contributed by atoms with Crippen LogP contribution < -0.4 is 10.6 Å². The zero-order valence-corrected chi connectivity index (χ0v) is 17.6. The summed E-state index contributed by atoms with van der Waals surface area (Å²) in [6.45, 7) is 3.79. The van der Waals surface area contributed by atoms with Crippen LogP contribution in [0, 0.1) is 0 Å². The lowest BCUT2D eigenvalue weighted by atomic mass is 9.85. The van der Waals surface area contributed by atoms with Crippen molar-refractivity contribution in [3.63, 3.8) is 0 Å². The minimum atomic E-state index is -1.12. The first-order chi connectivity index (χ1) is 14.5. The van der Waals surface area contributed by atoms with Crippen LogP contribution in [0.15, 0.2) is 54.6 Å². The molecule has 1 atom stereocenters. The van der Waals surface area contributed by atoms with Gasteiger partial charge in [0.05, 0.1) is 0 Å². The van der Waals surface area contributed by atoms with Gasteiger partial charge in [-0.2, -0.15) is 0 Å². The molecule has 3 rings (SSSR count). The number of unbranched alkanes of at least 4 members (excludes halogenated alkanes) is 1. The maximum absolute atomic E-state index is 13.2. The highest BCUT2D eigenvalue weighted by Gasteiger charge is 2.52. The summed E-state index contributed by atoms with van der Waals surface area (Å²) < 4.78 is 0. The normalized spacial score (nSPS) is 18.4. The summed E-state index contributed by atoms with van der Waals surface area (Å²) in [6, 6.07) is 16.3. The van der Waals surface area contributed by atoms with Crippen LogP contribution in [0.2, 0.25) is 0 Å². The number of aryl methyl sites for hydroxylation is 1. The van der Waals surface area contributed by atoms with E-state index in [9.17, 15) is 14.4 Å². The SMILES string of the molecule is CCCCc1ccc(NC(=O)CN2C(=O)NC(CCC)(c3ccccc3)C2=O)cc1. The molecule has 1 saturated heterocycles. The largest absolute Gasteiger partial charge is 0.325 e. The molecule has 2 N–H and O–H groups in total. The average molecular weight is 408 g/mol. The van der Waals surface area contributed by atoms with E-state index < -0.39 is 17.5 Å². The average Bonchev–Trinajstić information content (AvgIpc) is 2.99. The molecule has 1 heterocycles. The molecule has 0 bridgehead atoms. The number of carbonyl (C=O) groups is 3. The lowest BCUT2D eigenvalue weighted by Gasteiger charge is -2.26. The Kier molecular flexibility index (Phi) is 6.87. The van der Waals surface area contributed by atoms with Crippen LogP contribution in [0.1, 0.15) is 50.7 Å². The Hall–Kier alpha value is -3.15. The third-order valence-electron chi connectivity index (χ3n) is 5.43. The second-order valence-electron chi connectivity index (χ2n) is 7.69. The topological polar surface area (TPSA) is 78.5 Å². The summed E-state index contributed by atoms with van der Waals surface area (Å²) >= 11 is 0. The van der Waals surface area contributed by atoms with Crippen LogP contribution in [0.5, 0.6) is 0 Å². The van der Waals surface area contributed by atoms with E-state index >= 15 is 0 Å². The highest BCUT2D eigenvalue weighted by Crippen LogP contribution is 2.33. The molecule has 0 radical (unpaired) electrons. The molecule has 30 heavy (non-hydrogen) atoms. The van der Waals surface area contributed by atoms with Gasteiger partial charge in [-0.15, -0.1) is 0 Å². The number of urea groups is 1. The fourth-order valence-electron chi connectivity index (χ4n) is 3.86. The Morgan fingerprint density at radius 1 is 1.00 bits per heavy atom. The standard InChI is InChI=1S/C24H29N3O3/c1-3-5-9-18-12-14-20(15-13-18)25-21(28)17-27-22(29)24(16-4-2,26-23(27)30)19-10-7-6-8-11-19/h6-8,10-15H,3-5,9,16-17H2,1-2H3,(H,25,28)(H,26,30). The van der Waals surface area contributed by atoms with Crippen molar-refractivity contribution in [3.8, 4) is 0 Å². The maximum atomic E-state index is 13.2. The zero-order valence-electron chi connectivity index (χ0n) is 17.6. The molecule has 6 nitrogen and oxygen atoms in total. The maximum Gasteiger partial charge on any atom is 0.325 e. The molecule has 2 aromatic rings. The van der Waals surface area contributed by atoms with E-state index in [1.165, 1.54) is 5.56 Å². The van der Waals surface area contributed by atoms with E-state index in [0.29, 0.717) is 18.5 Å². The Bertz CT molecular complexity index is 896. The van der Waals surface area contributed by atoms with Crippen LogP contribution in [0.3, 0.4) is 0 Å². The molecule has 158 valence electrons. The minimum Gasteiger partial charge on any atom is -0.325 e. The molecule has 1 fully saturated rings. The second kappa shape index (κ2) is 9.57. The van der Waals surface area contributed by atoms with Crippen molar-refractivity contribution in [2.75, 3.05) is 11.9 Å². The molecule has 4 amide bonds. The predicted octanol–water partition coefficient (Wildman–Crippen LogP) is 4.22. The van der Waals surface area contributed by atoms with Crippen LogP contribution in [-0.2, 0) is 21.5 Å². The fourth-order valence-corrected chi connectivity index (χ4v) is 3.86. The number of hydrogen-bond donors (Lipinski definition) is 2. The van der Waals surface area contributed by atoms with E-state index in [1.54, 1.807) is 0 Å². The lowest BCUT2D eigenvalue weighted by Crippen LogP contribution is -2.44. The highest BCUT2D eigenvalue weighted by molar-refractivity contribution is 6.10. The molecule has 0 aromatic heterocycles. The van der Waals surface area contributed by atoms with Crippen molar-refractivity contribution < 1.29 is 14.4 Å². The number of benzene rings is 2. The highest BCUT2D eigenvalue weighted by atomic mass is 16.2. The molecule has 1 unspecified atom stereocenters. The number of amides is 4. The third kappa shape index (κ3) is 4.53. The molecule has 1 aliphatic rings. The van der Waals surface area contributed by atoms with Gasteiger partial charge in [0.25, 0.3) is 5.91 Å². The van der Waals surface area contributed by atoms with Gasteiger partial charge in [0.15, 0.2) is 0 Å². The monoisotopic (exact) mass is 407 g/mol. The minimum absolute atomic E-state index is 0.319. The van der Waals surface area contributed by atoms with Gasteiger partial charge in [0.2, 0.25) is 5.91 Å². The summed E-state index contributed by atoms with van der Waals surface area (Å²) in [7, 11) is 0. The first-order valence-electron chi connectivity index (χ1n) is 10.6. The van der Waals surface area contributed by atoms with Crippen LogP contribution in [0.4, 0.5) is 10.5 Å². The Morgan fingerprint density at radius 2 is 1.70 bits per heavy atom. The molecule has 6 heteroatoms. The van der Waals surface area contributed by atoms with Gasteiger partial charge in [-0.1, -0.05) is 69.2 Å². The molecule has 2 aromatic carbocycles. The summed E-state index contributed by atoms with van der Waals surface area (Å²) in [5.74, 6) is -0.786. The summed E-state index contributed by atoms with van der Waals surface area (Å²) in [5, 5.41) is 5.62. The van der Waals surface area contributed by atoms with Crippen LogP contribution in [0.25, 0.3) is 0 Å². The van der Waals surface area contributed by atoms with Gasteiger partial charge in [-0.25, -0.2) is 4.79 Å². The lowest BCUT2D eigenvalue weighted by molar-refractivity contribution is -0.134. The van der Waals surface area contributed by atoms with Gasteiger partial charge < -0.3 is 10.6 Å². The summed E-state index contributed by atoms with van der Waals surface area (Å²) in [4.78, 5) is 39.4. The number of carbonyl (C=O) groups excluding carboxylic acids is 3. The van der Waals surface area contributed by atoms with Gasteiger partial charge in [0.1, 0.15) is 12.1 Å². The third-order valence-corrected chi connectivity index (χ3v) is 5.43. The van der Waals surface area contributed by atoms with Crippen molar-refractivity contribution in [2.24, 2.45) is 0 Å². The number of imide groups is 1. The van der Waals surface area contributed by atoms with Crippen molar-refractivity contribution in [3.05, 3.63) is 65.7 Å². The van der Waals surface area contributed by atoms with Crippen LogP contribution >= 0.6 is 0 Å². The molecule has 0 spiro atoms. The molecule has 0 saturated carbocycles. The zero-order chi connectivity index (χ0) is 21.6. The molecular weight excluding hydrogens is 378 g/mol. The Balaban J connectivity index is 1.69. The predicted molar refractivity (Wildman–Crippen MR) is 117 cm³/mol. The van der Waals surface area contributed by atoms with E-state index in [4.69, 9.17) is 0 Å². The van der Waals surface area contributed by atoms with Crippen molar-refractivity contribution in [2.45, 2.75) is 51.5 Å².